The molecule has 2 rings (SSSR count). The number of carbonyl (C=O) groups excluding carboxylic acids is 1. The predicted molar refractivity (Wildman–Crippen MR) is 102 cm³/mol. The number of rotatable bonds is 5. The Kier molecular flexibility index (Phi) is 5.48. The van der Waals surface area contributed by atoms with Crippen molar-refractivity contribution in [3.05, 3.63) is 70.3 Å². The molecular weight excluding hydrogens is 294 g/mol. The maximum absolute atomic E-state index is 12.7. The van der Waals surface area contributed by atoms with Crippen LogP contribution in [0.5, 0.6) is 0 Å². The second kappa shape index (κ2) is 7.21. The van der Waals surface area contributed by atoms with Crippen LogP contribution in [0.1, 0.15) is 59.8 Å². The molecule has 0 radical (unpaired) electrons. The molecule has 0 aliphatic rings. The van der Waals surface area contributed by atoms with Crippen molar-refractivity contribution in [2.24, 2.45) is 0 Å². The summed E-state index contributed by atoms with van der Waals surface area (Å²) in [6.45, 7) is 12.7. The van der Waals surface area contributed by atoms with Crippen molar-refractivity contribution in [1.29, 1.82) is 0 Å². The molecule has 0 aliphatic heterocycles. The van der Waals surface area contributed by atoms with Crippen LogP contribution in [-0.2, 0) is 5.41 Å². The van der Waals surface area contributed by atoms with Gasteiger partial charge in [-0.15, -0.1) is 0 Å². The fourth-order valence-corrected chi connectivity index (χ4v) is 3.33. The van der Waals surface area contributed by atoms with E-state index in [2.05, 4.69) is 63.3 Å². The Morgan fingerprint density at radius 1 is 1.00 bits per heavy atom. The minimum atomic E-state index is 0.0200. The summed E-state index contributed by atoms with van der Waals surface area (Å²) in [6, 6.07) is 14.7. The fourth-order valence-electron chi connectivity index (χ4n) is 3.33. The van der Waals surface area contributed by atoms with E-state index in [-0.39, 0.29) is 17.4 Å². The predicted octanol–water partition coefficient (Wildman–Crippen LogP) is 5.10. The SMILES string of the molecule is Cc1cc(C)c(C(=O)N[C@@H](C)CC(C)(C)c2ccccc2)cc1C. The van der Waals surface area contributed by atoms with E-state index in [0.717, 1.165) is 23.1 Å². The van der Waals surface area contributed by atoms with Crippen LogP contribution < -0.4 is 5.32 Å². The van der Waals surface area contributed by atoms with Crippen LogP contribution in [0.25, 0.3) is 0 Å². The molecule has 0 saturated heterocycles. The van der Waals surface area contributed by atoms with E-state index in [1.807, 2.05) is 26.0 Å². The highest BCUT2D eigenvalue weighted by Crippen LogP contribution is 2.28. The highest BCUT2D eigenvalue weighted by atomic mass is 16.1. The minimum absolute atomic E-state index is 0.0200. The molecule has 0 aliphatic carbocycles. The van der Waals surface area contributed by atoms with Gasteiger partial charge in [-0.1, -0.05) is 50.2 Å². The molecule has 0 unspecified atom stereocenters. The third kappa shape index (κ3) is 4.25. The maximum atomic E-state index is 12.7. The molecular formula is C22H29NO. The van der Waals surface area contributed by atoms with Crippen LogP contribution >= 0.6 is 0 Å². The summed E-state index contributed by atoms with van der Waals surface area (Å²) in [6.07, 6.45) is 0.895. The first kappa shape index (κ1) is 18.3. The van der Waals surface area contributed by atoms with Crippen molar-refractivity contribution in [3.8, 4) is 0 Å². The first-order valence-electron chi connectivity index (χ1n) is 8.65. The van der Waals surface area contributed by atoms with Gasteiger partial charge in [0.05, 0.1) is 0 Å². The number of hydrogen-bond donors (Lipinski definition) is 1. The fraction of sp³-hybridized carbons (Fsp3) is 0.409. The Labute approximate surface area is 146 Å². The second-order valence-electron chi connectivity index (χ2n) is 7.58. The van der Waals surface area contributed by atoms with Gasteiger partial charge in [0.2, 0.25) is 0 Å². The molecule has 2 heteroatoms. The maximum Gasteiger partial charge on any atom is 0.251 e. The zero-order chi connectivity index (χ0) is 17.9. The van der Waals surface area contributed by atoms with Crippen LogP contribution in [0, 0.1) is 20.8 Å². The van der Waals surface area contributed by atoms with Crippen molar-refractivity contribution in [1.82, 2.24) is 5.32 Å². The van der Waals surface area contributed by atoms with E-state index in [0.29, 0.717) is 0 Å². The quantitative estimate of drug-likeness (QED) is 0.815. The lowest BCUT2D eigenvalue weighted by molar-refractivity contribution is 0.0934. The average Bonchev–Trinajstić information content (AvgIpc) is 2.51. The minimum Gasteiger partial charge on any atom is -0.350 e. The van der Waals surface area contributed by atoms with Crippen LogP contribution in [0.2, 0.25) is 0 Å². The van der Waals surface area contributed by atoms with E-state index >= 15 is 0 Å². The number of benzene rings is 2. The number of carbonyl (C=O) groups is 1. The summed E-state index contributed by atoms with van der Waals surface area (Å²) in [5.41, 5.74) is 5.51. The summed E-state index contributed by atoms with van der Waals surface area (Å²) in [4.78, 5) is 12.7. The molecule has 0 saturated carbocycles. The van der Waals surface area contributed by atoms with Crippen molar-refractivity contribution >= 4 is 5.91 Å². The molecule has 0 fully saturated rings. The molecule has 1 amide bonds. The van der Waals surface area contributed by atoms with Gasteiger partial charge >= 0.3 is 0 Å². The molecule has 24 heavy (non-hydrogen) atoms. The molecule has 2 aromatic rings. The standard InChI is InChI=1S/C22H29NO/c1-15-12-17(3)20(13-16(15)2)21(24)23-18(4)14-22(5,6)19-10-8-7-9-11-19/h7-13,18H,14H2,1-6H3,(H,23,24)/t18-/m0/s1. The Morgan fingerprint density at radius 2 is 1.58 bits per heavy atom. The number of amides is 1. The van der Waals surface area contributed by atoms with Crippen LogP contribution in [0.15, 0.2) is 42.5 Å². The highest BCUT2D eigenvalue weighted by molar-refractivity contribution is 5.96. The Morgan fingerprint density at radius 3 is 2.21 bits per heavy atom. The van der Waals surface area contributed by atoms with Gasteiger partial charge in [-0.25, -0.2) is 0 Å². The monoisotopic (exact) mass is 323 g/mol. The van der Waals surface area contributed by atoms with Gasteiger partial charge in [-0.3, -0.25) is 4.79 Å². The summed E-state index contributed by atoms with van der Waals surface area (Å²) in [5.74, 6) is 0.0203. The van der Waals surface area contributed by atoms with E-state index in [1.165, 1.54) is 11.1 Å². The van der Waals surface area contributed by atoms with Gasteiger partial charge in [-0.2, -0.15) is 0 Å². The lowest BCUT2D eigenvalue weighted by Gasteiger charge is -2.29. The molecule has 1 N–H and O–H groups in total. The largest absolute Gasteiger partial charge is 0.350 e. The Balaban J connectivity index is 2.08. The van der Waals surface area contributed by atoms with Crippen LogP contribution in [0.3, 0.4) is 0 Å². The summed E-state index contributed by atoms with van der Waals surface area (Å²) in [7, 11) is 0. The van der Waals surface area contributed by atoms with Crippen LogP contribution in [0.4, 0.5) is 0 Å². The smallest absolute Gasteiger partial charge is 0.251 e. The van der Waals surface area contributed by atoms with Gasteiger partial charge in [0.1, 0.15) is 0 Å². The average molecular weight is 323 g/mol. The normalized spacial score (nSPS) is 12.8. The van der Waals surface area contributed by atoms with Crippen molar-refractivity contribution in [2.45, 2.75) is 59.4 Å². The molecule has 0 aromatic heterocycles. The lowest BCUT2D eigenvalue weighted by Crippen LogP contribution is -2.37. The first-order chi connectivity index (χ1) is 11.2. The van der Waals surface area contributed by atoms with Gasteiger partial charge in [-0.05, 0) is 67.9 Å². The highest BCUT2D eigenvalue weighted by Gasteiger charge is 2.24. The van der Waals surface area contributed by atoms with Gasteiger partial charge in [0, 0.05) is 11.6 Å². The van der Waals surface area contributed by atoms with Crippen molar-refractivity contribution < 1.29 is 4.79 Å². The first-order valence-corrected chi connectivity index (χ1v) is 8.65. The van der Waals surface area contributed by atoms with Crippen LogP contribution in [-0.4, -0.2) is 11.9 Å². The van der Waals surface area contributed by atoms with Gasteiger partial charge in [0.25, 0.3) is 5.91 Å². The van der Waals surface area contributed by atoms with Gasteiger partial charge < -0.3 is 5.32 Å². The Hall–Kier alpha value is -2.09. The van der Waals surface area contributed by atoms with Gasteiger partial charge in [0.15, 0.2) is 0 Å². The van der Waals surface area contributed by atoms with E-state index in [9.17, 15) is 4.79 Å². The molecule has 2 aromatic carbocycles. The molecule has 0 bridgehead atoms. The summed E-state index contributed by atoms with van der Waals surface area (Å²) in [5, 5.41) is 3.17. The molecule has 2 nitrogen and oxygen atoms in total. The number of nitrogens with one attached hydrogen (secondary N) is 1. The topological polar surface area (TPSA) is 29.1 Å². The zero-order valence-corrected chi connectivity index (χ0v) is 15.7. The summed E-state index contributed by atoms with van der Waals surface area (Å²) >= 11 is 0. The lowest BCUT2D eigenvalue weighted by atomic mass is 9.79. The number of aryl methyl sites for hydroxylation is 3. The number of hydrogen-bond acceptors (Lipinski definition) is 1. The van der Waals surface area contributed by atoms with E-state index in [1.54, 1.807) is 0 Å². The third-order valence-electron chi connectivity index (χ3n) is 4.83. The van der Waals surface area contributed by atoms with Crippen molar-refractivity contribution in [2.75, 3.05) is 0 Å². The molecule has 128 valence electrons. The molecule has 0 heterocycles. The zero-order valence-electron chi connectivity index (χ0n) is 15.7. The summed E-state index contributed by atoms with van der Waals surface area (Å²) < 4.78 is 0. The molecule has 0 spiro atoms. The Bertz CT molecular complexity index is 716. The van der Waals surface area contributed by atoms with E-state index in [4.69, 9.17) is 0 Å². The third-order valence-corrected chi connectivity index (χ3v) is 4.83. The molecule has 1 atom stereocenters. The second-order valence-corrected chi connectivity index (χ2v) is 7.58. The van der Waals surface area contributed by atoms with E-state index < -0.39 is 0 Å². The van der Waals surface area contributed by atoms with Crippen molar-refractivity contribution in [3.63, 3.8) is 0 Å².